The van der Waals surface area contributed by atoms with Gasteiger partial charge >= 0.3 is 5.97 Å². The monoisotopic (exact) mass is 201 g/mol. The lowest BCUT2D eigenvalue weighted by Crippen LogP contribution is -2.26. The molecule has 0 aromatic rings. The fraction of sp³-hybridized carbons (Fsp3) is 0.700. The van der Waals surface area contributed by atoms with Crippen molar-refractivity contribution < 1.29 is 14.3 Å². The molecular weight excluding hydrogens is 182 g/mol. The molecule has 82 valence electrons. The number of rotatable bonds is 5. The number of carbonyl (C=O) groups excluding carboxylic acids is 1. The van der Waals surface area contributed by atoms with Crippen LogP contribution >= 0.6 is 0 Å². The van der Waals surface area contributed by atoms with Gasteiger partial charge in [-0.05, 0) is 12.3 Å². The standard InChI is InChI=1S/C10H19NO3/c1-7(2)5-8(11)9(13-3)6-10(12)14-4/h6-8H,5,11H2,1-4H3/b9-6+. The fourth-order valence-corrected chi connectivity index (χ4v) is 1.12. The van der Waals surface area contributed by atoms with Crippen LogP contribution in [0.2, 0.25) is 0 Å². The number of hydrogen-bond donors (Lipinski definition) is 1. The van der Waals surface area contributed by atoms with Crippen LogP contribution < -0.4 is 5.73 Å². The van der Waals surface area contributed by atoms with Gasteiger partial charge < -0.3 is 15.2 Å². The second-order valence-electron chi connectivity index (χ2n) is 3.51. The highest BCUT2D eigenvalue weighted by atomic mass is 16.5. The van der Waals surface area contributed by atoms with Crippen molar-refractivity contribution in [3.05, 3.63) is 11.8 Å². The van der Waals surface area contributed by atoms with Crippen LogP contribution in [0.5, 0.6) is 0 Å². The molecule has 4 nitrogen and oxygen atoms in total. The molecule has 0 bridgehead atoms. The molecule has 0 aliphatic rings. The summed E-state index contributed by atoms with van der Waals surface area (Å²) in [5, 5.41) is 0. The maximum Gasteiger partial charge on any atom is 0.333 e. The first-order valence-electron chi connectivity index (χ1n) is 4.60. The Labute approximate surface area is 85.1 Å². The molecule has 0 spiro atoms. The van der Waals surface area contributed by atoms with Gasteiger partial charge in [-0.3, -0.25) is 0 Å². The lowest BCUT2D eigenvalue weighted by atomic mass is 10.0. The van der Waals surface area contributed by atoms with Crippen LogP contribution in [0.1, 0.15) is 20.3 Å². The van der Waals surface area contributed by atoms with E-state index in [4.69, 9.17) is 10.5 Å². The molecule has 0 amide bonds. The van der Waals surface area contributed by atoms with Crippen molar-refractivity contribution in [3.63, 3.8) is 0 Å². The van der Waals surface area contributed by atoms with Gasteiger partial charge in [0, 0.05) is 0 Å². The summed E-state index contributed by atoms with van der Waals surface area (Å²) in [6.07, 6.45) is 2.06. The van der Waals surface area contributed by atoms with Gasteiger partial charge in [0.1, 0.15) is 5.76 Å². The molecule has 1 atom stereocenters. The predicted molar refractivity (Wildman–Crippen MR) is 54.5 cm³/mol. The summed E-state index contributed by atoms with van der Waals surface area (Å²) < 4.78 is 9.51. The number of methoxy groups -OCH3 is 2. The largest absolute Gasteiger partial charge is 0.499 e. The molecule has 0 aromatic heterocycles. The first-order valence-corrected chi connectivity index (χ1v) is 4.60. The molecule has 1 unspecified atom stereocenters. The molecule has 0 saturated carbocycles. The first kappa shape index (κ1) is 13.0. The maximum absolute atomic E-state index is 10.9. The third-order valence-electron chi connectivity index (χ3n) is 1.79. The Morgan fingerprint density at radius 2 is 1.93 bits per heavy atom. The Morgan fingerprint density at radius 3 is 2.29 bits per heavy atom. The number of nitrogens with two attached hydrogens (primary N) is 1. The van der Waals surface area contributed by atoms with E-state index in [1.165, 1.54) is 20.3 Å². The summed E-state index contributed by atoms with van der Waals surface area (Å²) >= 11 is 0. The van der Waals surface area contributed by atoms with Gasteiger partial charge in [0.25, 0.3) is 0 Å². The minimum absolute atomic E-state index is 0.251. The van der Waals surface area contributed by atoms with Gasteiger partial charge in [0.15, 0.2) is 0 Å². The molecule has 0 saturated heterocycles. The summed E-state index contributed by atoms with van der Waals surface area (Å²) in [6, 6.07) is -0.251. The number of hydrogen-bond acceptors (Lipinski definition) is 4. The molecule has 14 heavy (non-hydrogen) atoms. The van der Waals surface area contributed by atoms with Gasteiger partial charge in [-0.1, -0.05) is 13.8 Å². The van der Waals surface area contributed by atoms with Gasteiger partial charge in [-0.15, -0.1) is 0 Å². The van der Waals surface area contributed by atoms with Crippen molar-refractivity contribution in [2.24, 2.45) is 11.7 Å². The Hall–Kier alpha value is -1.03. The van der Waals surface area contributed by atoms with Crippen molar-refractivity contribution in [2.45, 2.75) is 26.3 Å². The molecule has 0 aliphatic carbocycles. The highest BCUT2D eigenvalue weighted by Gasteiger charge is 2.13. The van der Waals surface area contributed by atoms with Crippen LogP contribution in [0, 0.1) is 5.92 Å². The smallest absolute Gasteiger partial charge is 0.333 e. The SMILES string of the molecule is COC(=O)/C=C(/OC)C(N)CC(C)C. The van der Waals surface area contributed by atoms with E-state index in [9.17, 15) is 4.79 Å². The summed E-state index contributed by atoms with van der Waals surface area (Å²) in [6.45, 7) is 4.12. The van der Waals surface area contributed by atoms with E-state index in [0.717, 1.165) is 6.42 Å². The van der Waals surface area contributed by atoms with Crippen LogP contribution in [-0.4, -0.2) is 26.2 Å². The highest BCUT2D eigenvalue weighted by Crippen LogP contribution is 2.11. The maximum atomic E-state index is 10.9. The van der Waals surface area contributed by atoms with Gasteiger partial charge in [-0.25, -0.2) is 4.79 Å². The third kappa shape index (κ3) is 4.87. The Bertz CT molecular complexity index is 211. The first-order chi connectivity index (χ1) is 6.51. The molecule has 2 N–H and O–H groups in total. The fourth-order valence-electron chi connectivity index (χ4n) is 1.12. The second-order valence-corrected chi connectivity index (χ2v) is 3.51. The lowest BCUT2D eigenvalue weighted by Gasteiger charge is -2.16. The van der Waals surface area contributed by atoms with Crippen LogP contribution in [0.4, 0.5) is 0 Å². The normalized spacial score (nSPS) is 14.0. The number of esters is 1. The van der Waals surface area contributed by atoms with Gasteiger partial charge in [0.05, 0.1) is 26.3 Å². The molecule has 0 heterocycles. The van der Waals surface area contributed by atoms with E-state index in [2.05, 4.69) is 18.6 Å². The average molecular weight is 201 g/mol. The summed E-state index contributed by atoms with van der Waals surface area (Å²) in [5.41, 5.74) is 5.83. The minimum Gasteiger partial charge on any atom is -0.499 e. The Kier molecular flexibility index (Phi) is 5.95. The van der Waals surface area contributed by atoms with Crippen molar-refractivity contribution in [1.82, 2.24) is 0 Å². The van der Waals surface area contributed by atoms with Gasteiger partial charge in [0.2, 0.25) is 0 Å². The van der Waals surface area contributed by atoms with E-state index < -0.39 is 5.97 Å². The van der Waals surface area contributed by atoms with E-state index >= 15 is 0 Å². The van der Waals surface area contributed by atoms with Crippen LogP contribution in [0.15, 0.2) is 11.8 Å². The zero-order valence-corrected chi connectivity index (χ0v) is 9.24. The molecule has 4 heteroatoms. The zero-order chi connectivity index (χ0) is 11.1. The van der Waals surface area contributed by atoms with Crippen molar-refractivity contribution in [2.75, 3.05) is 14.2 Å². The van der Waals surface area contributed by atoms with E-state index in [0.29, 0.717) is 11.7 Å². The van der Waals surface area contributed by atoms with Gasteiger partial charge in [-0.2, -0.15) is 0 Å². The van der Waals surface area contributed by atoms with Crippen molar-refractivity contribution >= 4 is 5.97 Å². The predicted octanol–water partition coefficient (Wildman–Crippen LogP) is 1.06. The van der Waals surface area contributed by atoms with Crippen molar-refractivity contribution in [3.8, 4) is 0 Å². The molecule has 0 radical (unpaired) electrons. The average Bonchev–Trinajstić information content (AvgIpc) is 2.12. The Balaban J connectivity index is 4.39. The summed E-state index contributed by atoms with van der Waals surface area (Å²) in [7, 11) is 2.81. The summed E-state index contributed by atoms with van der Waals surface area (Å²) in [4.78, 5) is 10.9. The minimum atomic E-state index is -0.443. The topological polar surface area (TPSA) is 61.5 Å². The molecule has 0 aromatic carbocycles. The number of ether oxygens (including phenoxy) is 2. The highest BCUT2D eigenvalue weighted by molar-refractivity contribution is 5.82. The van der Waals surface area contributed by atoms with Crippen molar-refractivity contribution in [1.29, 1.82) is 0 Å². The zero-order valence-electron chi connectivity index (χ0n) is 9.24. The molecular formula is C10H19NO3. The molecule has 0 aliphatic heterocycles. The molecule has 0 rings (SSSR count). The third-order valence-corrected chi connectivity index (χ3v) is 1.79. The second kappa shape index (κ2) is 6.43. The number of carbonyl (C=O) groups is 1. The van der Waals surface area contributed by atoms with E-state index in [-0.39, 0.29) is 6.04 Å². The van der Waals surface area contributed by atoms with E-state index in [1.807, 2.05) is 0 Å². The van der Waals surface area contributed by atoms with Crippen LogP contribution in [0.3, 0.4) is 0 Å². The lowest BCUT2D eigenvalue weighted by molar-refractivity contribution is -0.135. The van der Waals surface area contributed by atoms with Crippen LogP contribution in [0.25, 0.3) is 0 Å². The van der Waals surface area contributed by atoms with E-state index in [1.54, 1.807) is 0 Å². The molecule has 0 fully saturated rings. The Morgan fingerprint density at radius 1 is 1.36 bits per heavy atom. The summed E-state index contributed by atoms with van der Waals surface area (Å²) in [5.74, 6) is 0.479. The van der Waals surface area contributed by atoms with Crippen LogP contribution in [-0.2, 0) is 14.3 Å². The quantitative estimate of drug-likeness (QED) is 0.410.